The van der Waals surface area contributed by atoms with E-state index in [4.69, 9.17) is 15.4 Å². The Hall–Kier alpha value is -0.160. The number of rotatable bonds is 1. The number of hydrogen-bond acceptors (Lipinski definition) is 4. The highest BCUT2D eigenvalue weighted by atomic mass is 16.5. The second kappa shape index (κ2) is 2.62. The summed E-state index contributed by atoms with van der Waals surface area (Å²) in [5, 5.41) is 26.3. The monoisotopic (exact) mass is 133 g/mol. The minimum Gasteiger partial charge on any atom is -0.391 e. The van der Waals surface area contributed by atoms with Crippen LogP contribution in [-0.2, 0) is 0 Å². The molecule has 4 heteroatoms. The Bertz CT molecular complexity index is 88.2. The van der Waals surface area contributed by atoms with Crippen LogP contribution >= 0.6 is 0 Å². The summed E-state index contributed by atoms with van der Waals surface area (Å²) in [6.45, 7) is 0. The van der Waals surface area contributed by atoms with E-state index in [0.29, 0.717) is 12.8 Å². The normalized spacial score (nSPS) is 43.7. The summed E-state index contributed by atoms with van der Waals surface area (Å²) < 4.78 is 0. The SMILES string of the molecule is ONC1C(O)CCC1O. The van der Waals surface area contributed by atoms with Crippen molar-refractivity contribution < 1.29 is 15.4 Å². The third kappa shape index (κ3) is 1.21. The van der Waals surface area contributed by atoms with E-state index in [1.54, 1.807) is 0 Å². The summed E-state index contributed by atoms with van der Waals surface area (Å²) in [6.07, 6.45) is -0.103. The summed E-state index contributed by atoms with van der Waals surface area (Å²) >= 11 is 0. The molecule has 0 heterocycles. The van der Waals surface area contributed by atoms with Crippen molar-refractivity contribution in [2.45, 2.75) is 31.1 Å². The van der Waals surface area contributed by atoms with Crippen molar-refractivity contribution >= 4 is 0 Å². The van der Waals surface area contributed by atoms with Crippen LogP contribution in [0.1, 0.15) is 12.8 Å². The van der Waals surface area contributed by atoms with Gasteiger partial charge in [-0.3, -0.25) is 0 Å². The van der Waals surface area contributed by atoms with E-state index in [1.165, 1.54) is 0 Å². The second-order valence-corrected chi connectivity index (χ2v) is 2.37. The molecule has 0 bridgehead atoms. The average molecular weight is 133 g/mol. The lowest BCUT2D eigenvalue weighted by Gasteiger charge is -2.14. The fourth-order valence-electron chi connectivity index (χ4n) is 1.13. The van der Waals surface area contributed by atoms with Gasteiger partial charge < -0.3 is 15.4 Å². The summed E-state index contributed by atoms with van der Waals surface area (Å²) in [5.74, 6) is 0. The minimum absolute atomic E-state index is 0.551. The Morgan fingerprint density at radius 1 is 1.11 bits per heavy atom. The van der Waals surface area contributed by atoms with Crippen LogP contribution in [0.2, 0.25) is 0 Å². The number of aliphatic hydroxyl groups excluding tert-OH is 2. The maximum Gasteiger partial charge on any atom is 0.0837 e. The molecule has 0 aromatic carbocycles. The van der Waals surface area contributed by atoms with Crippen molar-refractivity contribution in [3.63, 3.8) is 0 Å². The molecule has 4 N–H and O–H groups in total. The van der Waals surface area contributed by atoms with Gasteiger partial charge in [-0.05, 0) is 12.8 Å². The van der Waals surface area contributed by atoms with Crippen molar-refractivity contribution in [1.29, 1.82) is 0 Å². The molecule has 1 fully saturated rings. The van der Waals surface area contributed by atoms with Crippen molar-refractivity contribution in [2.24, 2.45) is 0 Å². The molecule has 0 radical (unpaired) electrons. The van der Waals surface area contributed by atoms with Crippen molar-refractivity contribution in [1.82, 2.24) is 5.48 Å². The first-order valence-electron chi connectivity index (χ1n) is 3.01. The Kier molecular flexibility index (Phi) is 2.02. The highest BCUT2D eigenvalue weighted by molar-refractivity contribution is 4.87. The quantitative estimate of drug-likeness (QED) is 0.341. The first-order valence-corrected chi connectivity index (χ1v) is 3.01. The van der Waals surface area contributed by atoms with Gasteiger partial charge in [-0.15, -0.1) is 0 Å². The molecule has 0 aromatic rings. The Morgan fingerprint density at radius 2 is 1.56 bits per heavy atom. The van der Waals surface area contributed by atoms with Gasteiger partial charge in [0.15, 0.2) is 0 Å². The molecule has 2 atom stereocenters. The lowest BCUT2D eigenvalue weighted by Crippen LogP contribution is -2.40. The third-order valence-electron chi connectivity index (χ3n) is 1.74. The minimum atomic E-state index is -0.606. The lowest BCUT2D eigenvalue weighted by molar-refractivity contribution is 0.0102. The summed E-state index contributed by atoms with van der Waals surface area (Å²) in [6, 6.07) is -0.551. The molecule has 0 aliphatic heterocycles. The van der Waals surface area contributed by atoms with Crippen LogP contribution < -0.4 is 5.48 Å². The average Bonchev–Trinajstić information content (AvgIpc) is 2.12. The van der Waals surface area contributed by atoms with Gasteiger partial charge in [0.1, 0.15) is 0 Å². The lowest BCUT2D eigenvalue weighted by atomic mass is 10.2. The maximum atomic E-state index is 8.98. The first kappa shape index (κ1) is 6.95. The van der Waals surface area contributed by atoms with E-state index in [1.807, 2.05) is 5.48 Å². The highest BCUT2D eigenvalue weighted by Crippen LogP contribution is 2.18. The van der Waals surface area contributed by atoms with Gasteiger partial charge in [0, 0.05) is 0 Å². The second-order valence-electron chi connectivity index (χ2n) is 2.37. The molecule has 0 saturated heterocycles. The zero-order chi connectivity index (χ0) is 6.85. The van der Waals surface area contributed by atoms with Gasteiger partial charge in [-0.25, -0.2) is 0 Å². The van der Waals surface area contributed by atoms with Crippen LogP contribution in [0.4, 0.5) is 0 Å². The largest absolute Gasteiger partial charge is 0.391 e. The van der Waals surface area contributed by atoms with E-state index in [9.17, 15) is 0 Å². The van der Waals surface area contributed by atoms with Gasteiger partial charge in [-0.2, -0.15) is 5.48 Å². The predicted molar refractivity (Wildman–Crippen MR) is 30.0 cm³/mol. The standard InChI is InChI=1S/C5H11NO3/c7-3-1-2-4(8)5(3)6-9/h3-9H,1-2H2. The molecule has 4 nitrogen and oxygen atoms in total. The van der Waals surface area contributed by atoms with Crippen molar-refractivity contribution in [3.8, 4) is 0 Å². The molecule has 0 aromatic heterocycles. The zero-order valence-corrected chi connectivity index (χ0v) is 4.99. The summed E-state index contributed by atoms with van der Waals surface area (Å²) in [4.78, 5) is 0. The van der Waals surface area contributed by atoms with Crippen LogP contribution in [0.25, 0.3) is 0 Å². The number of aliphatic hydroxyl groups is 2. The first-order chi connectivity index (χ1) is 4.25. The van der Waals surface area contributed by atoms with Crippen LogP contribution in [0.3, 0.4) is 0 Å². The molecule has 54 valence electrons. The topological polar surface area (TPSA) is 72.7 Å². The van der Waals surface area contributed by atoms with Gasteiger partial charge in [0.25, 0.3) is 0 Å². The molecular formula is C5H11NO3. The number of nitrogens with one attached hydrogen (secondary N) is 1. The van der Waals surface area contributed by atoms with Crippen molar-refractivity contribution in [3.05, 3.63) is 0 Å². The van der Waals surface area contributed by atoms with Crippen LogP contribution in [0, 0.1) is 0 Å². The van der Waals surface area contributed by atoms with Gasteiger partial charge in [0.2, 0.25) is 0 Å². The molecule has 1 saturated carbocycles. The molecular weight excluding hydrogens is 122 g/mol. The molecule has 0 amide bonds. The molecule has 1 aliphatic rings. The summed E-state index contributed by atoms with van der Waals surface area (Å²) in [7, 11) is 0. The summed E-state index contributed by atoms with van der Waals surface area (Å²) in [5.41, 5.74) is 1.86. The fraction of sp³-hybridized carbons (Fsp3) is 1.00. The Balaban J connectivity index is 2.44. The van der Waals surface area contributed by atoms with Crippen LogP contribution in [-0.4, -0.2) is 33.7 Å². The number of hydrogen-bond donors (Lipinski definition) is 4. The molecule has 0 spiro atoms. The van der Waals surface area contributed by atoms with Gasteiger partial charge in [-0.1, -0.05) is 0 Å². The molecule has 9 heavy (non-hydrogen) atoms. The number of hydroxylamine groups is 1. The molecule has 2 unspecified atom stereocenters. The van der Waals surface area contributed by atoms with E-state index in [2.05, 4.69) is 0 Å². The van der Waals surface area contributed by atoms with Crippen molar-refractivity contribution in [2.75, 3.05) is 0 Å². The zero-order valence-electron chi connectivity index (χ0n) is 4.99. The van der Waals surface area contributed by atoms with Crippen LogP contribution in [0.5, 0.6) is 0 Å². The fourth-order valence-corrected chi connectivity index (χ4v) is 1.13. The molecule has 1 aliphatic carbocycles. The van der Waals surface area contributed by atoms with E-state index >= 15 is 0 Å². The van der Waals surface area contributed by atoms with Gasteiger partial charge >= 0.3 is 0 Å². The Labute approximate surface area is 53.1 Å². The predicted octanol–water partition coefficient (Wildman–Crippen LogP) is -1.15. The van der Waals surface area contributed by atoms with E-state index in [-0.39, 0.29) is 0 Å². The van der Waals surface area contributed by atoms with Crippen LogP contribution in [0.15, 0.2) is 0 Å². The van der Waals surface area contributed by atoms with E-state index < -0.39 is 18.2 Å². The molecule has 1 rings (SSSR count). The van der Waals surface area contributed by atoms with E-state index in [0.717, 1.165) is 0 Å². The Morgan fingerprint density at radius 3 is 1.78 bits per heavy atom. The third-order valence-corrected chi connectivity index (χ3v) is 1.74. The maximum absolute atomic E-state index is 8.98. The smallest absolute Gasteiger partial charge is 0.0837 e. The highest BCUT2D eigenvalue weighted by Gasteiger charge is 2.32. The van der Waals surface area contributed by atoms with Gasteiger partial charge in [0.05, 0.1) is 18.2 Å².